The average Bonchev–Trinajstić information content (AvgIpc) is 3.45. The first-order chi connectivity index (χ1) is 13.1. The molecule has 3 aromatic rings. The maximum absolute atomic E-state index is 12.7. The lowest BCUT2D eigenvalue weighted by atomic mass is 10.1. The third-order valence-electron chi connectivity index (χ3n) is 4.48. The van der Waals surface area contributed by atoms with Crippen molar-refractivity contribution in [2.45, 2.75) is 32.1 Å². The minimum atomic E-state index is -0.257. The Balaban J connectivity index is 1.42. The summed E-state index contributed by atoms with van der Waals surface area (Å²) < 4.78 is 5.26. The van der Waals surface area contributed by atoms with Gasteiger partial charge in [-0.1, -0.05) is 5.16 Å². The number of hydrogen-bond acceptors (Lipinski definition) is 6. The summed E-state index contributed by atoms with van der Waals surface area (Å²) in [7, 11) is 0. The molecule has 0 radical (unpaired) electrons. The molecule has 8 nitrogen and oxygen atoms in total. The fourth-order valence-corrected chi connectivity index (χ4v) is 2.92. The van der Waals surface area contributed by atoms with Crippen LogP contribution in [-0.2, 0) is 4.79 Å². The molecular weight excluding hydrogens is 346 g/mol. The molecule has 1 fully saturated rings. The molecule has 1 aliphatic carbocycles. The van der Waals surface area contributed by atoms with Crippen LogP contribution >= 0.6 is 0 Å². The quantitative estimate of drug-likeness (QED) is 0.695. The summed E-state index contributed by atoms with van der Waals surface area (Å²) in [5.41, 5.74) is 3.04. The Labute approximate surface area is 155 Å². The van der Waals surface area contributed by atoms with Crippen LogP contribution in [0.15, 0.2) is 35.1 Å². The van der Waals surface area contributed by atoms with Gasteiger partial charge in [0.2, 0.25) is 5.91 Å². The van der Waals surface area contributed by atoms with Gasteiger partial charge in [0.05, 0.1) is 16.6 Å². The average molecular weight is 365 g/mol. The zero-order chi connectivity index (χ0) is 18.8. The molecule has 27 heavy (non-hydrogen) atoms. The van der Waals surface area contributed by atoms with Gasteiger partial charge in [0.1, 0.15) is 0 Å². The molecular formula is C19H19N5O3. The number of pyridine rings is 2. The number of aryl methyl sites for hydroxylation is 1. The van der Waals surface area contributed by atoms with E-state index in [1.807, 2.05) is 6.07 Å². The summed E-state index contributed by atoms with van der Waals surface area (Å²) >= 11 is 0. The van der Waals surface area contributed by atoms with E-state index < -0.39 is 0 Å². The van der Waals surface area contributed by atoms with Gasteiger partial charge in [0, 0.05) is 42.7 Å². The monoisotopic (exact) mass is 365 g/mol. The first-order valence-electron chi connectivity index (χ1n) is 8.87. The van der Waals surface area contributed by atoms with Crippen LogP contribution in [-0.4, -0.2) is 33.5 Å². The normalized spacial score (nSPS) is 13.5. The lowest BCUT2D eigenvalue weighted by Crippen LogP contribution is -2.28. The molecule has 3 aromatic heterocycles. The Morgan fingerprint density at radius 1 is 1.26 bits per heavy atom. The summed E-state index contributed by atoms with van der Waals surface area (Å²) in [5, 5.41) is 10.1. The summed E-state index contributed by atoms with van der Waals surface area (Å²) in [6.07, 6.45) is 5.51. The SMILES string of the molecule is Cc1noc2nc(C3CC3)cc(C(=O)NCCC(=O)Nc3ccncc3)c12. The molecule has 0 saturated heterocycles. The number of amides is 2. The van der Waals surface area contributed by atoms with Crippen LogP contribution in [0.3, 0.4) is 0 Å². The third kappa shape index (κ3) is 3.79. The van der Waals surface area contributed by atoms with Gasteiger partial charge >= 0.3 is 0 Å². The van der Waals surface area contributed by atoms with Crippen molar-refractivity contribution in [1.29, 1.82) is 0 Å². The van der Waals surface area contributed by atoms with E-state index in [2.05, 4.69) is 25.8 Å². The lowest BCUT2D eigenvalue weighted by molar-refractivity contribution is -0.116. The Bertz CT molecular complexity index is 995. The smallest absolute Gasteiger partial charge is 0.259 e. The molecule has 138 valence electrons. The molecule has 0 atom stereocenters. The fourth-order valence-electron chi connectivity index (χ4n) is 2.92. The Morgan fingerprint density at radius 2 is 2.04 bits per heavy atom. The van der Waals surface area contributed by atoms with Crippen molar-refractivity contribution in [3.05, 3.63) is 47.5 Å². The van der Waals surface area contributed by atoms with Gasteiger partial charge in [-0.2, -0.15) is 0 Å². The van der Waals surface area contributed by atoms with E-state index in [1.54, 1.807) is 31.5 Å². The number of anilines is 1. The van der Waals surface area contributed by atoms with Gasteiger partial charge in [-0.15, -0.1) is 0 Å². The van der Waals surface area contributed by atoms with Crippen LogP contribution in [0.25, 0.3) is 11.1 Å². The number of hydrogen-bond donors (Lipinski definition) is 2. The van der Waals surface area contributed by atoms with Crippen molar-refractivity contribution in [3.63, 3.8) is 0 Å². The van der Waals surface area contributed by atoms with Crippen LogP contribution in [0, 0.1) is 6.92 Å². The molecule has 2 amide bonds. The van der Waals surface area contributed by atoms with Gasteiger partial charge in [-0.3, -0.25) is 14.6 Å². The molecule has 0 spiro atoms. The predicted molar refractivity (Wildman–Crippen MR) is 98.3 cm³/mol. The minimum Gasteiger partial charge on any atom is -0.351 e. The number of rotatable bonds is 6. The van der Waals surface area contributed by atoms with E-state index in [0.717, 1.165) is 18.5 Å². The summed E-state index contributed by atoms with van der Waals surface area (Å²) in [4.78, 5) is 33.1. The maximum atomic E-state index is 12.7. The first kappa shape index (κ1) is 17.1. The first-order valence-corrected chi connectivity index (χ1v) is 8.87. The molecule has 0 unspecified atom stereocenters. The highest BCUT2D eigenvalue weighted by atomic mass is 16.5. The largest absolute Gasteiger partial charge is 0.351 e. The Morgan fingerprint density at radius 3 is 2.78 bits per heavy atom. The number of fused-ring (bicyclic) bond motifs is 1. The lowest BCUT2D eigenvalue weighted by Gasteiger charge is -2.08. The summed E-state index contributed by atoms with van der Waals surface area (Å²) in [6.45, 7) is 2.01. The minimum absolute atomic E-state index is 0.167. The highest BCUT2D eigenvalue weighted by molar-refractivity contribution is 6.06. The van der Waals surface area contributed by atoms with Crippen LogP contribution < -0.4 is 10.6 Å². The molecule has 3 heterocycles. The van der Waals surface area contributed by atoms with E-state index >= 15 is 0 Å². The molecule has 2 N–H and O–H groups in total. The van der Waals surface area contributed by atoms with Crippen molar-refractivity contribution in [1.82, 2.24) is 20.4 Å². The number of nitrogens with one attached hydrogen (secondary N) is 2. The van der Waals surface area contributed by atoms with Crippen LogP contribution in [0.2, 0.25) is 0 Å². The molecule has 0 aromatic carbocycles. The zero-order valence-electron chi connectivity index (χ0n) is 14.9. The van der Waals surface area contributed by atoms with Crippen molar-refractivity contribution in [2.24, 2.45) is 0 Å². The summed E-state index contributed by atoms with van der Waals surface area (Å²) in [6, 6.07) is 5.23. The molecule has 8 heteroatoms. The number of nitrogens with zero attached hydrogens (tertiary/aromatic N) is 3. The molecule has 4 rings (SSSR count). The van der Waals surface area contributed by atoms with Gasteiger partial charge < -0.3 is 15.2 Å². The standard InChI is InChI=1S/C19H19N5O3/c1-11-17-14(10-15(12-2-3-12)23-19(17)27-24-11)18(26)21-9-6-16(25)22-13-4-7-20-8-5-13/h4-5,7-8,10,12H,2-3,6,9H2,1H3,(H,21,26)(H,20,22,25). The predicted octanol–water partition coefficient (Wildman–Crippen LogP) is 2.56. The second-order valence-corrected chi connectivity index (χ2v) is 6.61. The highest BCUT2D eigenvalue weighted by Crippen LogP contribution is 2.40. The van der Waals surface area contributed by atoms with Crippen molar-refractivity contribution < 1.29 is 14.1 Å². The Kier molecular flexibility index (Phi) is 4.53. The van der Waals surface area contributed by atoms with Gasteiger partial charge in [-0.05, 0) is 38.0 Å². The van der Waals surface area contributed by atoms with Gasteiger partial charge in [0.15, 0.2) is 0 Å². The topological polar surface area (TPSA) is 110 Å². The van der Waals surface area contributed by atoms with Crippen LogP contribution in [0.5, 0.6) is 0 Å². The van der Waals surface area contributed by atoms with Crippen molar-refractivity contribution in [2.75, 3.05) is 11.9 Å². The van der Waals surface area contributed by atoms with Gasteiger partial charge in [-0.25, -0.2) is 4.98 Å². The molecule has 0 aliphatic heterocycles. The third-order valence-corrected chi connectivity index (χ3v) is 4.48. The second kappa shape index (κ2) is 7.14. The van der Waals surface area contributed by atoms with E-state index in [1.165, 1.54) is 0 Å². The van der Waals surface area contributed by atoms with Crippen LogP contribution in [0.4, 0.5) is 5.69 Å². The van der Waals surface area contributed by atoms with Gasteiger partial charge in [0.25, 0.3) is 11.6 Å². The van der Waals surface area contributed by atoms with Crippen molar-refractivity contribution >= 4 is 28.6 Å². The highest BCUT2D eigenvalue weighted by Gasteiger charge is 2.28. The number of carbonyl (C=O) groups is 2. The number of carbonyl (C=O) groups excluding carboxylic acids is 2. The summed E-state index contributed by atoms with van der Waals surface area (Å²) in [5.74, 6) is -0.0500. The molecule has 1 saturated carbocycles. The van der Waals surface area contributed by atoms with Crippen LogP contribution in [0.1, 0.15) is 46.9 Å². The fraction of sp³-hybridized carbons (Fsp3) is 0.316. The number of aromatic nitrogens is 3. The van der Waals surface area contributed by atoms with Crippen molar-refractivity contribution in [3.8, 4) is 0 Å². The Hall–Kier alpha value is -3.29. The second-order valence-electron chi connectivity index (χ2n) is 6.61. The molecule has 0 bridgehead atoms. The van der Waals surface area contributed by atoms with E-state index in [0.29, 0.717) is 34.0 Å². The van der Waals surface area contributed by atoms with E-state index in [4.69, 9.17) is 4.52 Å². The van der Waals surface area contributed by atoms with E-state index in [-0.39, 0.29) is 24.8 Å². The molecule has 1 aliphatic rings. The van der Waals surface area contributed by atoms with E-state index in [9.17, 15) is 9.59 Å². The zero-order valence-corrected chi connectivity index (χ0v) is 14.9. The maximum Gasteiger partial charge on any atom is 0.259 e.